The zero-order valence-electron chi connectivity index (χ0n) is 28.2. The molecular weight excluding hydrogens is 665 g/mol. The summed E-state index contributed by atoms with van der Waals surface area (Å²) in [7, 11) is 0. The minimum absolute atomic E-state index is 0.678. The van der Waals surface area contributed by atoms with Crippen molar-refractivity contribution in [3.63, 3.8) is 0 Å². The molecule has 0 aliphatic rings. The first-order valence-electron chi connectivity index (χ1n) is 18.0. The predicted molar refractivity (Wildman–Crippen MR) is 224 cm³/mol. The number of benzene rings is 8. The fourth-order valence-electron chi connectivity index (χ4n) is 9.26. The lowest BCUT2D eigenvalue weighted by Gasteiger charge is -2.14. The zero-order chi connectivity index (χ0) is 34.4. The highest BCUT2D eigenvalue weighted by atomic mass is 32.1. The number of para-hydroxylation sites is 2. The van der Waals surface area contributed by atoms with Crippen LogP contribution in [0.1, 0.15) is 0 Å². The van der Waals surface area contributed by atoms with Crippen molar-refractivity contribution < 1.29 is 0 Å². The highest BCUT2D eigenvalue weighted by molar-refractivity contribution is 7.26. The van der Waals surface area contributed by atoms with Crippen molar-refractivity contribution in [1.82, 2.24) is 18.9 Å². The summed E-state index contributed by atoms with van der Waals surface area (Å²) in [6, 6.07) is 57.2. The summed E-state index contributed by atoms with van der Waals surface area (Å²) in [5, 5.41) is 13.3. The molecule has 5 heteroatoms. The minimum Gasteiger partial charge on any atom is -0.308 e. The van der Waals surface area contributed by atoms with Crippen LogP contribution in [0.15, 0.2) is 158 Å². The first-order valence-corrected chi connectivity index (χ1v) is 18.8. The number of hydrogen-bond donors (Lipinski definition) is 0. The van der Waals surface area contributed by atoms with Crippen LogP contribution in [-0.4, -0.2) is 18.9 Å². The van der Waals surface area contributed by atoms with E-state index in [1.54, 1.807) is 0 Å². The number of nitrogens with zero attached hydrogens (tertiary/aromatic N) is 4. The van der Waals surface area contributed by atoms with Crippen LogP contribution >= 0.6 is 11.3 Å². The van der Waals surface area contributed by atoms with Gasteiger partial charge in [-0.1, -0.05) is 127 Å². The van der Waals surface area contributed by atoms with Gasteiger partial charge in [0, 0.05) is 58.7 Å². The normalized spacial score (nSPS) is 12.5. The Morgan fingerprint density at radius 3 is 2.04 bits per heavy atom. The van der Waals surface area contributed by atoms with E-state index in [0.29, 0.717) is 5.95 Å². The van der Waals surface area contributed by atoms with Crippen LogP contribution in [0.5, 0.6) is 0 Å². The summed E-state index contributed by atoms with van der Waals surface area (Å²) in [6.07, 6.45) is 0. The molecule has 244 valence electrons. The molecule has 5 heterocycles. The molecule has 0 saturated heterocycles. The average Bonchev–Trinajstić information content (AvgIpc) is 3.86. The SMILES string of the molecule is c1ccc(-c2nc(-n3c4cccc5c6cccc7c8ccccc8n(c8cc9c%10ccccc%10sc9c3c8c54)c67)nc3c2ccc2ccccc23)cc1. The molecule has 5 aromatic heterocycles. The molecule has 0 spiro atoms. The van der Waals surface area contributed by atoms with Crippen LogP contribution in [0, 0.1) is 0 Å². The molecular formula is C48H26N4S. The van der Waals surface area contributed by atoms with E-state index in [2.05, 4.69) is 167 Å². The Morgan fingerprint density at radius 1 is 0.434 bits per heavy atom. The zero-order valence-corrected chi connectivity index (χ0v) is 29.0. The number of aromatic nitrogens is 4. The minimum atomic E-state index is 0.678. The summed E-state index contributed by atoms with van der Waals surface area (Å²) in [5.74, 6) is 0.678. The van der Waals surface area contributed by atoms with E-state index < -0.39 is 0 Å². The van der Waals surface area contributed by atoms with Gasteiger partial charge in [-0.05, 0) is 41.1 Å². The van der Waals surface area contributed by atoms with Gasteiger partial charge in [0.25, 0.3) is 0 Å². The lowest BCUT2D eigenvalue weighted by Crippen LogP contribution is -2.04. The van der Waals surface area contributed by atoms with Crippen LogP contribution < -0.4 is 0 Å². The summed E-state index contributed by atoms with van der Waals surface area (Å²) < 4.78 is 7.42. The number of fused-ring (bicyclic) bond motifs is 12. The topological polar surface area (TPSA) is 35.1 Å². The van der Waals surface area contributed by atoms with Gasteiger partial charge in [0.1, 0.15) is 0 Å². The lowest BCUT2D eigenvalue weighted by molar-refractivity contribution is 1.02. The highest BCUT2D eigenvalue weighted by Gasteiger charge is 2.26. The van der Waals surface area contributed by atoms with Crippen molar-refractivity contribution in [1.29, 1.82) is 0 Å². The van der Waals surface area contributed by atoms with E-state index in [9.17, 15) is 0 Å². The van der Waals surface area contributed by atoms with Crippen LogP contribution in [0.4, 0.5) is 0 Å². The Hall–Kier alpha value is -6.82. The maximum Gasteiger partial charge on any atom is 0.235 e. The molecule has 0 aliphatic heterocycles. The molecule has 53 heavy (non-hydrogen) atoms. The predicted octanol–water partition coefficient (Wildman–Crippen LogP) is 13.1. The Bertz CT molecular complexity index is 3680. The fourth-order valence-corrected chi connectivity index (χ4v) is 10.5. The maximum atomic E-state index is 5.57. The molecule has 0 unspecified atom stereocenters. The smallest absolute Gasteiger partial charge is 0.235 e. The summed E-state index contributed by atoms with van der Waals surface area (Å²) >= 11 is 1.86. The molecule has 13 rings (SSSR count). The molecule has 0 radical (unpaired) electrons. The van der Waals surface area contributed by atoms with E-state index in [-0.39, 0.29) is 0 Å². The number of rotatable bonds is 2. The van der Waals surface area contributed by atoms with Gasteiger partial charge < -0.3 is 4.40 Å². The van der Waals surface area contributed by atoms with E-state index in [4.69, 9.17) is 9.97 Å². The van der Waals surface area contributed by atoms with Crippen molar-refractivity contribution >= 4 is 113 Å². The third kappa shape index (κ3) is 3.50. The molecule has 8 aromatic carbocycles. The van der Waals surface area contributed by atoms with Crippen molar-refractivity contribution in [2.75, 3.05) is 0 Å². The fraction of sp³-hybridized carbons (Fsp3) is 0. The summed E-state index contributed by atoms with van der Waals surface area (Å²) in [4.78, 5) is 11.1. The van der Waals surface area contributed by atoms with E-state index in [0.717, 1.165) is 44.0 Å². The van der Waals surface area contributed by atoms with Gasteiger partial charge in [0.15, 0.2) is 0 Å². The second-order valence-corrected chi connectivity index (χ2v) is 15.2. The largest absolute Gasteiger partial charge is 0.308 e. The molecule has 4 nitrogen and oxygen atoms in total. The molecule has 0 aliphatic carbocycles. The quantitative estimate of drug-likeness (QED) is 0.169. The second-order valence-electron chi connectivity index (χ2n) is 14.1. The first-order chi connectivity index (χ1) is 26.3. The Labute approximate surface area is 305 Å². The molecule has 0 N–H and O–H groups in total. The van der Waals surface area contributed by atoms with Gasteiger partial charge >= 0.3 is 0 Å². The Kier molecular flexibility index (Phi) is 5.22. The lowest BCUT2D eigenvalue weighted by atomic mass is 10.0. The van der Waals surface area contributed by atoms with Gasteiger partial charge in [-0.15, -0.1) is 11.3 Å². The van der Waals surface area contributed by atoms with Crippen LogP contribution in [0.3, 0.4) is 0 Å². The molecule has 13 aromatic rings. The van der Waals surface area contributed by atoms with Crippen molar-refractivity contribution in [3.8, 4) is 17.2 Å². The molecule has 0 atom stereocenters. The standard InChI is InChI=1S/C48H26N4S/c1-2-13-28(14-3-1)43-35-25-24-27-12-4-5-15-29(27)44(35)50-48(49-43)52-38-22-11-18-32-34-20-10-19-33-30-16-6-8-21-37(30)51(45(33)34)39-26-36-31-17-7-9-23-40(31)53-47(36)46(52)42(39)41(32)38/h1-26H. The number of hydrogen-bond acceptors (Lipinski definition) is 3. The third-order valence-electron chi connectivity index (χ3n) is 11.4. The van der Waals surface area contributed by atoms with Crippen LogP contribution in [0.2, 0.25) is 0 Å². The van der Waals surface area contributed by atoms with Gasteiger partial charge in [-0.2, -0.15) is 0 Å². The van der Waals surface area contributed by atoms with Crippen LogP contribution in [-0.2, 0) is 0 Å². The van der Waals surface area contributed by atoms with Gasteiger partial charge in [-0.25, -0.2) is 9.97 Å². The van der Waals surface area contributed by atoms with Crippen molar-refractivity contribution in [3.05, 3.63) is 158 Å². The number of thiophene rings is 1. The maximum absolute atomic E-state index is 5.57. The summed E-state index contributed by atoms with van der Waals surface area (Å²) in [5.41, 5.74) is 8.87. The first kappa shape index (κ1) is 27.8. The van der Waals surface area contributed by atoms with E-state index >= 15 is 0 Å². The van der Waals surface area contributed by atoms with Gasteiger partial charge in [0.2, 0.25) is 5.95 Å². The average molecular weight is 691 g/mol. The van der Waals surface area contributed by atoms with Crippen molar-refractivity contribution in [2.24, 2.45) is 0 Å². The van der Waals surface area contributed by atoms with E-state index in [1.807, 2.05) is 11.3 Å². The van der Waals surface area contributed by atoms with Crippen LogP contribution in [0.25, 0.3) is 119 Å². The van der Waals surface area contributed by atoms with Crippen molar-refractivity contribution in [2.45, 2.75) is 0 Å². The van der Waals surface area contributed by atoms with Gasteiger partial charge in [-0.3, -0.25) is 4.57 Å². The monoisotopic (exact) mass is 690 g/mol. The molecule has 0 bridgehead atoms. The molecule has 0 amide bonds. The van der Waals surface area contributed by atoms with Gasteiger partial charge in [0.05, 0.1) is 43.5 Å². The molecule has 0 saturated carbocycles. The summed E-state index contributed by atoms with van der Waals surface area (Å²) in [6.45, 7) is 0. The Balaban J connectivity index is 1.34. The molecule has 0 fully saturated rings. The second kappa shape index (κ2) is 9.94. The third-order valence-corrected chi connectivity index (χ3v) is 12.6. The Morgan fingerprint density at radius 2 is 1.13 bits per heavy atom. The highest BCUT2D eigenvalue weighted by Crippen LogP contribution is 2.49. The van der Waals surface area contributed by atoms with E-state index in [1.165, 1.54) is 69.0 Å².